The Labute approximate surface area is 78.0 Å². The lowest BCUT2D eigenvalue weighted by molar-refractivity contribution is 0.464. The lowest BCUT2D eigenvalue weighted by Gasteiger charge is -2.08. The minimum atomic E-state index is 0.350. The highest BCUT2D eigenvalue weighted by atomic mass is 35.5. The molecule has 1 N–H and O–H groups in total. The van der Waals surface area contributed by atoms with Crippen LogP contribution in [0.15, 0.2) is 18.2 Å². The van der Waals surface area contributed by atoms with Gasteiger partial charge < -0.3 is 5.11 Å². The molecule has 0 radical (unpaired) electrons. The van der Waals surface area contributed by atoms with Crippen molar-refractivity contribution in [2.24, 2.45) is 0 Å². The summed E-state index contributed by atoms with van der Waals surface area (Å²) >= 11 is 5.62. The molecule has 0 saturated heterocycles. The molecule has 0 bridgehead atoms. The van der Waals surface area contributed by atoms with E-state index in [4.69, 9.17) is 11.6 Å². The number of benzene rings is 1. The maximum Gasteiger partial charge on any atom is 0.119 e. The van der Waals surface area contributed by atoms with Gasteiger partial charge in [0, 0.05) is 5.88 Å². The largest absolute Gasteiger partial charge is 0.508 e. The molecule has 0 aliphatic heterocycles. The van der Waals surface area contributed by atoms with Crippen LogP contribution in [-0.4, -0.2) is 5.11 Å². The number of halogens is 1. The van der Waals surface area contributed by atoms with Crippen LogP contribution in [0.25, 0.3) is 0 Å². The van der Waals surface area contributed by atoms with Gasteiger partial charge in [-0.15, -0.1) is 11.6 Å². The Morgan fingerprint density at radius 3 is 2.50 bits per heavy atom. The first-order chi connectivity index (χ1) is 5.65. The topological polar surface area (TPSA) is 20.2 Å². The number of phenolic OH excluding ortho intramolecular Hbond substituents is 1. The van der Waals surface area contributed by atoms with Gasteiger partial charge in [0.05, 0.1) is 0 Å². The molecular formula is C10H13ClO. The zero-order valence-corrected chi connectivity index (χ0v) is 8.10. The van der Waals surface area contributed by atoms with Crippen molar-refractivity contribution < 1.29 is 5.11 Å². The third-order valence-corrected chi connectivity index (χ3v) is 2.18. The number of alkyl halides is 1. The molecule has 0 spiro atoms. The smallest absolute Gasteiger partial charge is 0.119 e. The van der Waals surface area contributed by atoms with Crippen LogP contribution in [0.2, 0.25) is 0 Å². The van der Waals surface area contributed by atoms with Crippen molar-refractivity contribution in [3.63, 3.8) is 0 Å². The summed E-state index contributed by atoms with van der Waals surface area (Å²) in [7, 11) is 0. The average molecular weight is 185 g/mol. The van der Waals surface area contributed by atoms with Gasteiger partial charge in [-0.3, -0.25) is 0 Å². The Morgan fingerprint density at radius 2 is 2.08 bits per heavy atom. The van der Waals surface area contributed by atoms with Gasteiger partial charge in [-0.25, -0.2) is 0 Å². The Morgan fingerprint density at radius 1 is 1.42 bits per heavy atom. The molecule has 1 rings (SSSR count). The van der Waals surface area contributed by atoms with Crippen LogP contribution in [0.3, 0.4) is 0 Å². The molecule has 1 nitrogen and oxygen atoms in total. The summed E-state index contributed by atoms with van der Waals surface area (Å²) in [4.78, 5) is 0. The summed E-state index contributed by atoms with van der Waals surface area (Å²) < 4.78 is 0. The fourth-order valence-electron chi connectivity index (χ4n) is 1.16. The third kappa shape index (κ3) is 1.92. The van der Waals surface area contributed by atoms with Gasteiger partial charge in [-0.1, -0.05) is 26.0 Å². The molecule has 0 aliphatic carbocycles. The van der Waals surface area contributed by atoms with E-state index in [1.807, 2.05) is 12.1 Å². The summed E-state index contributed by atoms with van der Waals surface area (Å²) in [6.45, 7) is 4.10. The molecule has 0 aliphatic rings. The van der Waals surface area contributed by atoms with E-state index < -0.39 is 0 Å². The molecule has 0 aromatic heterocycles. The lowest BCUT2D eigenvalue weighted by atomic mass is 10.0. The van der Waals surface area contributed by atoms with Crippen molar-refractivity contribution in [1.82, 2.24) is 0 Å². The summed E-state index contributed by atoms with van der Waals surface area (Å²) in [6.07, 6.45) is 0. The number of aromatic hydroxyl groups is 1. The molecule has 0 atom stereocenters. The number of phenols is 1. The van der Waals surface area contributed by atoms with Crippen LogP contribution in [0.5, 0.6) is 5.75 Å². The van der Waals surface area contributed by atoms with Gasteiger partial charge in [-0.05, 0) is 23.1 Å². The molecule has 66 valence electrons. The SMILES string of the molecule is CC(C)c1ccc(CCl)cc1O. The van der Waals surface area contributed by atoms with Crippen molar-refractivity contribution in [2.75, 3.05) is 0 Å². The Bertz CT molecular complexity index is 269. The lowest BCUT2D eigenvalue weighted by Crippen LogP contribution is -1.89. The molecule has 2 heteroatoms. The molecular weight excluding hydrogens is 172 g/mol. The standard InChI is InChI=1S/C10H13ClO/c1-7(2)9-4-3-8(6-11)5-10(9)12/h3-5,7,12H,6H2,1-2H3. The van der Waals surface area contributed by atoms with Crippen molar-refractivity contribution >= 4 is 11.6 Å². The van der Waals surface area contributed by atoms with Crippen molar-refractivity contribution in [1.29, 1.82) is 0 Å². The maximum absolute atomic E-state index is 9.53. The minimum Gasteiger partial charge on any atom is -0.508 e. The molecule has 0 unspecified atom stereocenters. The van der Waals surface area contributed by atoms with Gasteiger partial charge >= 0.3 is 0 Å². The van der Waals surface area contributed by atoms with E-state index in [0.717, 1.165) is 11.1 Å². The monoisotopic (exact) mass is 184 g/mol. The van der Waals surface area contributed by atoms with Gasteiger partial charge in [0.1, 0.15) is 5.75 Å². The molecule has 0 heterocycles. The van der Waals surface area contributed by atoms with E-state index >= 15 is 0 Å². The fraction of sp³-hybridized carbons (Fsp3) is 0.400. The molecule has 0 amide bonds. The van der Waals surface area contributed by atoms with Crippen LogP contribution in [0, 0.1) is 0 Å². The zero-order chi connectivity index (χ0) is 9.14. The van der Waals surface area contributed by atoms with Crippen LogP contribution >= 0.6 is 11.6 Å². The van der Waals surface area contributed by atoms with E-state index in [9.17, 15) is 5.11 Å². The van der Waals surface area contributed by atoms with Gasteiger partial charge in [0.15, 0.2) is 0 Å². The van der Waals surface area contributed by atoms with Crippen molar-refractivity contribution in [3.8, 4) is 5.75 Å². The average Bonchev–Trinajstić information content (AvgIpc) is 2.03. The predicted molar refractivity (Wildman–Crippen MR) is 51.8 cm³/mol. The number of rotatable bonds is 2. The van der Waals surface area contributed by atoms with Crippen molar-refractivity contribution in [2.45, 2.75) is 25.6 Å². The predicted octanol–water partition coefficient (Wildman–Crippen LogP) is 3.25. The Hall–Kier alpha value is -0.690. The highest BCUT2D eigenvalue weighted by Crippen LogP contribution is 2.26. The summed E-state index contributed by atoms with van der Waals surface area (Å²) in [5, 5.41) is 9.53. The number of hydrogen-bond acceptors (Lipinski definition) is 1. The van der Waals surface area contributed by atoms with E-state index in [0.29, 0.717) is 17.5 Å². The molecule has 1 aromatic carbocycles. The summed E-state index contributed by atoms with van der Waals surface area (Å²) in [5.41, 5.74) is 1.93. The molecule has 0 fully saturated rings. The van der Waals surface area contributed by atoms with Crippen LogP contribution < -0.4 is 0 Å². The molecule has 12 heavy (non-hydrogen) atoms. The van der Waals surface area contributed by atoms with Crippen LogP contribution in [0.4, 0.5) is 0 Å². The second-order valence-corrected chi connectivity index (χ2v) is 3.45. The van der Waals surface area contributed by atoms with E-state index in [-0.39, 0.29) is 0 Å². The fourth-order valence-corrected chi connectivity index (χ4v) is 1.33. The Balaban J connectivity index is 3.03. The second kappa shape index (κ2) is 3.81. The van der Waals surface area contributed by atoms with Gasteiger partial charge in [-0.2, -0.15) is 0 Å². The van der Waals surface area contributed by atoms with E-state index in [1.54, 1.807) is 6.07 Å². The highest BCUT2D eigenvalue weighted by molar-refractivity contribution is 6.17. The quantitative estimate of drug-likeness (QED) is 0.700. The van der Waals surface area contributed by atoms with E-state index in [2.05, 4.69) is 13.8 Å². The molecule has 0 saturated carbocycles. The molecule has 1 aromatic rings. The van der Waals surface area contributed by atoms with Gasteiger partial charge in [0.2, 0.25) is 0 Å². The minimum absolute atomic E-state index is 0.350. The van der Waals surface area contributed by atoms with Crippen LogP contribution in [0.1, 0.15) is 30.9 Å². The van der Waals surface area contributed by atoms with Gasteiger partial charge in [0.25, 0.3) is 0 Å². The third-order valence-electron chi connectivity index (χ3n) is 1.87. The first-order valence-electron chi connectivity index (χ1n) is 4.03. The first-order valence-corrected chi connectivity index (χ1v) is 4.56. The van der Waals surface area contributed by atoms with Crippen LogP contribution in [-0.2, 0) is 5.88 Å². The van der Waals surface area contributed by atoms with Crippen molar-refractivity contribution in [3.05, 3.63) is 29.3 Å². The summed E-state index contributed by atoms with van der Waals surface area (Å²) in [6, 6.07) is 5.60. The second-order valence-electron chi connectivity index (χ2n) is 3.18. The first kappa shape index (κ1) is 9.40. The highest BCUT2D eigenvalue weighted by Gasteiger charge is 2.05. The summed E-state index contributed by atoms with van der Waals surface area (Å²) in [5.74, 6) is 1.16. The maximum atomic E-state index is 9.53. The zero-order valence-electron chi connectivity index (χ0n) is 7.34. The van der Waals surface area contributed by atoms with E-state index in [1.165, 1.54) is 0 Å². The number of hydrogen-bond donors (Lipinski definition) is 1. The normalized spacial score (nSPS) is 10.7. The Kier molecular flexibility index (Phi) is 2.99.